The van der Waals surface area contributed by atoms with E-state index in [-0.39, 0.29) is 27.5 Å². The Kier molecular flexibility index (Phi) is 5.80. The lowest BCUT2D eigenvalue weighted by Crippen LogP contribution is -2.22. The molecule has 0 saturated carbocycles. The van der Waals surface area contributed by atoms with Crippen molar-refractivity contribution in [3.05, 3.63) is 107 Å². The fourth-order valence-electron chi connectivity index (χ4n) is 3.60. The maximum Gasteiger partial charge on any atom is 0.282 e. The van der Waals surface area contributed by atoms with Gasteiger partial charge in [-0.05, 0) is 48.2 Å². The SMILES string of the molecule is Cc1ccc(NC2=C/C(=N\S(=O)(=O)c3ccc(C(C)(C)C)cc3)c3ccccc3C2=O)cc1. The number of benzene rings is 3. The van der Waals surface area contributed by atoms with Crippen LogP contribution in [-0.4, -0.2) is 19.9 Å². The van der Waals surface area contributed by atoms with E-state index in [1.54, 1.807) is 36.4 Å². The normalized spacial score (nSPS) is 15.2. The van der Waals surface area contributed by atoms with Crippen LogP contribution in [0.4, 0.5) is 5.69 Å². The number of nitrogens with one attached hydrogen (secondary N) is 1. The molecule has 1 aliphatic carbocycles. The number of aryl methyl sites for hydroxylation is 1. The zero-order chi connectivity index (χ0) is 23.8. The predicted molar refractivity (Wildman–Crippen MR) is 133 cm³/mol. The number of carbonyl (C=O) groups is 1. The van der Waals surface area contributed by atoms with Crippen molar-refractivity contribution in [2.45, 2.75) is 38.0 Å². The van der Waals surface area contributed by atoms with E-state index in [1.807, 2.05) is 43.3 Å². The monoisotopic (exact) mass is 458 g/mol. The molecule has 5 nitrogen and oxygen atoms in total. The number of hydrogen-bond donors (Lipinski definition) is 1. The highest BCUT2D eigenvalue weighted by Crippen LogP contribution is 2.27. The van der Waals surface area contributed by atoms with Crippen molar-refractivity contribution >= 4 is 27.2 Å². The van der Waals surface area contributed by atoms with Crippen molar-refractivity contribution in [1.29, 1.82) is 0 Å². The number of ketones is 1. The molecule has 168 valence electrons. The van der Waals surface area contributed by atoms with Gasteiger partial charge in [0.15, 0.2) is 0 Å². The molecule has 0 amide bonds. The van der Waals surface area contributed by atoms with Crippen molar-refractivity contribution in [2.75, 3.05) is 5.32 Å². The van der Waals surface area contributed by atoms with Crippen LogP contribution in [0.3, 0.4) is 0 Å². The Labute approximate surface area is 195 Å². The summed E-state index contributed by atoms with van der Waals surface area (Å²) in [6, 6.07) is 21.3. The van der Waals surface area contributed by atoms with Crippen LogP contribution in [0.1, 0.15) is 47.8 Å². The lowest BCUT2D eigenvalue weighted by molar-refractivity contribution is 0.103. The minimum atomic E-state index is -3.98. The van der Waals surface area contributed by atoms with Crippen LogP contribution in [0.15, 0.2) is 93.9 Å². The third kappa shape index (κ3) is 4.81. The molecule has 4 rings (SSSR count). The van der Waals surface area contributed by atoms with Crippen LogP contribution >= 0.6 is 0 Å². The summed E-state index contributed by atoms with van der Waals surface area (Å²) in [5.41, 5.74) is 4.18. The number of carbonyl (C=O) groups excluding carboxylic acids is 1. The second-order valence-corrected chi connectivity index (χ2v) is 10.8. The Balaban J connectivity index is 1.76. The maximum absolute atomic E-state index is 13.1. The second kappa shape index (κ2) is 8.45. The second-order valence-electron chi connectivity index (χ2n) is 9.15. The third-order valence-corrected chi connectivity index (χ3v) is 6.85. The van der Waals surface area contributed by atoms with Gasteiger partial charge in [0.2, 0.25) is 5.78 Å². The van der Waals surface area contributed by atoms with E-state index in [1.165, 1.54) is 6.08 Å². The molecular formula is C27H26N2O3S. The summed E-state index contributed by atoms with van der Waals surface area (Å²) >= 11 is 0. The number of rotatable bonds is 4. The van der Waals surface area contributed by atoms with Gasteiger partial charge in [-0.3, -0.25) is 4.79 Å². The highest BCUT2D eigenvalue weighted by molar-refractivity contribution is 7.90. The number of anilines is 1. The van der Waals surface area contributed by atoms with Gasteiger partial charge in [0, 0.05) is 16.8 Å². The molecule has 0 atom stereocenters. The van der Waals surface area contributed by atoms with Gasteiger partial charge in [0.05, 0.1) is 16.3 Å². The topological polar surface area (TPSA) is 75.6 Å². The quantitative estimate of drug-likeness (QED) is 0.547. The zero-order valence-electron chi connectivity index (χ0n) is 19.1. The third-order valence-electron chi connectivity index (χ3n) is 5.54. The van der Waals surface area contributed by atoms with Crippen LogP contribution in [0.25, 0.3) is 0 Å². The molecule has 0 fully saturated rings. The fraction of sp³-hybridized carbons (Fsp3) is 0.185. The van der Waals surface area contributed by atoms with Gasteiger partial charge in [0.1, 0.15) is 0 Å². The van der Waals surface area contributed by atoms with Gasteiger partial charge in [0.25, 0.3) is 10.0 Å². The van der Waals surface area contributed by atoms with Crippen molar-refractivity contribution < 1.29 is 13.2 Å². The van der Waals surface area contributed by atoms with Gasteiger partial charge >= 0.3 is 0 Å². The van der Waals surface area contributed by atoms with E-state index in [4.69, 9.17) is 0 Å². The van der Waals surface area contributed by atoms with E-state index in [2.05, 4.69) is 30.5 Å². The highest BCUT2D eigenvalue weighted by atomic mass is 32.2. The number of Topliss-reactive ketones (excluding diaryl/α,β-unsaturated/α-hetero) is 1. The van der Waals surface area contributed by atoms with Gasteiger partial charge < -0.3 is 5.32 Å². The predicted octanol–water partition coefficient (Wildman–Crippen LogP) is 5.66. The molecule has 0 aliphatic heterocycles. The number of hydrogen-bond acceptors (Lipinski definition) is 4. The maximum atomic E-state index is 13.1. The number of nitrogens with zero attached hydrogens (tertiary/aromatic N) is 1. The summed E-state index contributed by atoms with van der Waals surface area (Å²) in [4.78, 5) is 13.2. The molecule has 3 aromatic rings. The summed E-state index contributed by atoms with van der Waals surface area (Å²) in [7, 11) is -3.98. The molecular weight excluding hydrogens is 432 g/mol. The summed E-state index contributed by atoms with van der Waals surface area (Å²) in [5.74, 6) is -0.211. The molecule has 3 aromatic carbocycles. The highest BCUT2D eigenvalue weighted by Gasteiger charge is 2.26. The summed E-state index contributed by atoms with van der Waals surface area (Å²) in [5, 5.41) is 3.11. The Morgan fingerprint density at radius 1 is 0.818 bits per heavy atom. The summed E-state index contributed by atoms with van der Waals surface area (Å²) in [6.45, 7) is 8.19. The average Bonchev–Trinajstić information content (AvgIpc) is 2.78. The molecule has 0 unspecified atom stereocenters. The van der Waals surface area contributed by atoms with E-state index < -0.39 is 10.0 Å². The number of sulfonamides is 1. The van der Waals surface area contributed by atoms with Crippen LogP contribution < -0.4 is 5.32 Å². The summed E-state index contributed by atoms with van der Waals surface area (Å²) < 4.78 is 30.4. The first-order chi connectivity index (χ1) is 15.5. The molecule has 1 aliphatic rings. The molecule has 0 spiro atoms. The standard InChI is InChI=1S/C27H26N2O3S/c1-18-9-13-20(14-10-18)28-25-17-24(22-7-5-6-8-23(22)26(25)30)29-33(31,32)21-15-11-19(12-16-21)27(2,3)4/h5-17,28H,1-4H3/b29-24+. The van der Waals surface area contributed by atoms with Gasteiger partial charge in [-0.2, -0.15) is 12.8 Å². The van der Waals surface area contributed by atoms with E-state index in [0.717, 1.165) is 16.8 Å². The molecule has 1 N–H and O–H groups in total. The fourth-order valence-corrected chi connectivity index (χ4v) is 4.59. The van der Waals surface area contributed by atoms with Gasteiger partial charge in [-0.25, -0.2) is 0 Å². The van der Waals surface area contributed by atoms with Crippen LogP contribution in [-0.2, 0) is 15.4 Å². The first-order valence-corrected chi connectivity index (χ1v) is 12.1. The summed E-state index contributed by atoms with van der Waals surface area (Å²) in [6.07, 6.45) is 1.51. The Bertz CT molecular complexity index is 1380. The van der Waals surface area contributed by atoms with Crippen LogP contribution in [0.2, 0.25) is 0 Å². The molecule has 0 bridgehead atoms. The molecule has 6 heteroatoms. The molecule has 0 radical (unpaired) electrons. The lowest BCUT2D eigenvalue weighted by atomic mass is 9.87. The largest absolute Gasteiger partial charge is 0.352 e. The van der Waals surface area contributed by atoms with E-state index in [9.17, 15) is 13.2 Å². The molecule has 0 saturated heterocycles. The van der Waals surface area contributed by atoms with Crippen molar-refractivity contribution in [3.8, 4) is 0 Å². The molecule has 0 heterocycles. The smallest absolute Gasteiger partial charge is 0.282 e. The van der Waals surface area contributed by atoms with Crippen molar-refractivity contribution in [2.24, 2.45) is 4.40 Å². The van der Waals surface area contributed by atoms with Gasteiger partial charge in [-0.1, -0.05) is 74.9 Å². The minimum Gasteiger partial charge on any atom is -0.352 e. The van der Waals surface area contributed by atoms with Crippen LogP contribution in [0.5, 0.6) is 0 Å². The van der Waals surface area contributed by atoms with Crippen molar-refractivity contribution in [3.63, 3.8) is 0 Å². The molecule has 0 aromatic heterocycles. The first-order valence-electron chi connectivity index (χ1n) is 10.7. The number of fused-ring (bicyclic) bond motifs is 1. The van der Waals surface area contributed by atoms with Crippen LogP contribution in [0, 0.1) is 6.92 Å². The Morgan fingerprint density at radius 2 is 1.42 bits per heavy atom. The lowest BCUT2D eigenvalue weighted by Gasteiger charge is -2.19. The Morgan fingerprint density at radius 3 is 2.03 bits per heavy atom. The van der Waals surface area contributed by atoms with E-state index in [0.29, 0.717) is 11.1 Å². The van der Waals surface area contributed by atoms with E-state index >= 15 is 0 Å². The first kappa shape index (κ1) is 22.7. The van der Waals surface area contributed by atoms with Gasteiger partial charge in [-0.15, -0.1) is 0 Å². The Hall–Kier alpha value is -3.51. The number of allylic oxidation sites excluding steroid dienone is 2. The van der Waals surface area contributed by atoms with Crippen molar-refractivity contribution in [1.82, 2.24) is 0 Å². The minimum absolute atomic E-state index is 0.0872. The zero-order valence-corrected chi connectivity index (χ0v) is 19.9. The average molecular weight is 459 g/mol. The molecule has 33 heavy (non-hydrogen) atoms.